The molecule has 0 aliphatic heterocycles. The second-order valence-electron chi connectivity index (χ2n) is 8.14. The molecule has 4 rings (SSSR count). The molecule has 0 bridgehead atoms. The molecule has 0 aliphatic rings. The fraction of sp³-hybridized carbons (Fsp3) is 0.103. The standard InChI is InChI=1S/C29H19Cl2FN2O2S/c1-16-7-4-5-10-23(16)35-28-27(36-26-17(2)8-6-9-18(26)3)21(15-34)20(14-33)25(32)29(28)37-24-13-19(30)11-12-22(24)31/h4-13H,1-3H3. The van der Waals surface area contributed by atoms with Crippen molar-refractivity contribution in [3.63, 3.8) is 0 Å². The van der Waals surface area contributed by atoms with Gasteiger partial charge in [-0.2, -0.15) is 10.5 Å². The number of rotatable bonds is 6. The summed E-state index contributed by atoms with van der Waals surface area (Å²) in [5.41, 5.74) is 1.64. The number of nitrogens with zero attached hydrogens (tertiary/aromatic N) is 2. The average molecular weight is 549 g/mol. The van der Waals surface area contributed by atoms with Gasteiger partial charge in [0.05, 0.1) is 9.92 Å². The van der Waals surface area contributed by atoms with E-state index in [1.807, 2.05) is 63.2 Å². The van der Waals surface area contributed by atoms with Gasteiger partial charge in [-0.05, 0) is 61.7 Å². The van der Waals surface area contributed by atoms with Gasteiger partial charge in [0.2, 0.25) is 0 Å². The number of halogens is 3. The molecule has 0 aliphatic carbocycles. The molecule has 184 valence electrons. The van der Waals surface area contributed by atoms with Gasteiger partial charge >= 0.3 is 0 Å². The third-order valence-corrected chi connectivity index (χ3v) is 7.36. The summed E-state index contributed by atoms with van der Waals surface area (Å²) in [6.45, 7) is 5.55. The van der Waals surface area contributed by atoms with Gasteiger partial charge < -0.3 is 9.47 Å². The summed E-state index contributed by atoms with van der Waals surface area (Å²) in [5.74, 6) is -0.132. The Labute approximate surface area is 228 Å². The van der Waals surface area contributed by atoms with Crippen molar-refractivity contribution in [2.45, 2.75) is 30.6 Å². The summed E-state index contributed by atoms with van der Waals surface area (Å²) in [6.07, 6.45) is 0. The number of para-hydroxylation sites is 2. The largest absolute Gasteiger partial charge is 0.452 e. The Balaban J connectivity index is 2.05. The van der Waals surface area contributed by atoms with Gasteiger partial charge in [0, 0.05) is 9.92 Å². The summed E-state index contributed by atoms with van der Waals surface area (Å²) >= 11 is 13.5. The Morgan fingerprint density at radius 2 is 1.41 bits per heavy atom. The Hall–Kier alpha value is -3.68. The van der Waals surface area contributed by atoms with Crippen LogP contribution in [0.5, 0.6) is 23.0 Å². The van der Waals surface area contributed by atoms with Crippen LogP contribution in [0.15, 0.2) is 70.5 Å². The highest BCUT2D eigenvalue weighted by atomic mass is 35.5. The van der Waals surface area contributed by atoms with E-state index in [0.29, 0.717) is 26.4 Å². The van der Waals surface area contributed by atoms with E-state index in [2.05, 4.69) is 0 Å². The molecule has 0 atom stereocenters. The van der Waals surface area contributed by atoms with E-state index >= 15 is 4.39 Å². The summed E-state index contributed by atoms with van der Waals surface area (Å²) in [5, 5.41) is 20.6. The Bertz CT molecular complexity index is 1590. The zero-order valence-corrected chi connectivity index (χ0v) is 22.4. The quantitative estimate of drug-likeness (QED) is 0.240. The van der Waals surface area contributed by atoms with Gasteiger partial charge in [-0.15, -0.1) is 0 Å². The molecular formula is C29H19Cl2FN2O2S. The van der Waals surface area contributed by atoms with Crippen molar-refractivity contribution >= 4 is 35.0 Å². The fourth-order valence-electron chi connectivity index (χ4n) is 3.65. The first-order valence-corrected chi connectivity index (χ1v) is 12.6. The van der Waals surface area contributed by atoms with Gasteiger partial charge in [-0.25, -0.2) is 4.39 Å². The molecular weight excluding hydrogens is 530 g/mol. The monoisotopic (exact) mass is 548 g/mol. The van der Waals surface area contributed by atoms with Crippen LogP contribution in [0.1, 0.15) is 27.8 Å². The molecule has 0 saturated heterocycles. The zero-order valence-electron chi connectivity index (χ0n) is 20.0. The fourth-order valence-corrected chi connectivity index (χ4v) is 5.11. The second kappa shape index (κ2) is 11.2. The molecule has 0 heterocycles. The van der Waals surface area contributed by atoms with E-state index in [0.717, 1.165) is 28.5 Å². The van der Waals surface area contributed by atoms with Gasteiger partial charge in [-0.3, -0.25) is 0 Å². The number of nitriles is 2. The molecule has 0 radical (unpaired) electrons. The van der Waals surface area contributed by atoms with Crippen LogP contribution in [0.4, 0.5) is 4.39 Å². The highest BCUT2D eigenvalue weighted by Crippen LogP contribution is 2.51. The molecule has 0 unspecified atom stereocenters. The highest BCUT2D eigenvalue weighted by molar-refractivity contribution is 7.99. The summed E-state index contributed by atoms with van der Waals surface area (Å²) < 4.78 is 28.5. The number of benzene rings is 4. The number of aryl methyl sites for hydroxylation is 3. The van der Waals surface area contributed by atoms with Crippen LogP contribution in [0.25, 0.3) is 0 Å². The smallest absolute Gasteiger partial charge is 0.190 e. The van der Waals surface area contributed by atoms with Gasteiger partial charge in [-0.1, -0.05) is 71.4 Å². The molecule has 37 heavy (non-hydrogen) atoms. The minimum Gasteiger partial charge on any atom is -0.452 e. The van der Waals surface area contributed by atoms with Crippen LogP contribution in [0, 0.1) is 49.3 Å². The normalized spacial score (nSPS) is 10.5. The van der Waals surface area contributed by atoms with E-state index in [4.69, 9.17) is 32.7 Å². The Kier molecular flexibility index (Phi) is 7.95. The van der Waals surface area contributed by atoms with Crippen LogP contribution in [0.3, 0.4) is 0 Å². The van der Waals surface area contributed by atoms with Crippen LogP contribution in [-0.2, 0) is 0 Å². The Morgan fingerprint density at radius 1 is 0.757 bits per heavy atom. The molecule has 4 aromatic carbocycles. The third kappa shape index (κ3) is 5.38. The lowest BCUT2D eigenvalue weighted by Gasteiger charge is -2.21. The number of ether oxygens (including phenoxy) is 2. The van der Waals surface area contributed by atoms with Crippen LogP contribution in [-0.4, -0.2) is 0 Å². The lowest BCUT2D eigenvalue weighted by atomic mass is 10.1. The first-order chi connectivity index (χ1) is 17.7. The maximum absolute atomic E-state index is 16.0. The van der Waals surface area contributed by atoms with E-state index < -0.39 is 11.4 Å². The molecule has 0 N–H and O–H groups in total. The van der Waals surface area contributed by atoms with Crippen molar-refractivity contribution < 1.29 is 13.9 Å². The van der Waals surface area contributed by atoms with E-state index in [1.54, 1.807) is 30.3 Å². The molecule has 0 saturated carbocycles. The van der Waals surface area contributed by atoms with Crippen LogP contribution in [0.2, 0.25) is 10.0 Å². The van der Waals surface area contributed by atoms with Crippen LogP contribution >= 0.6 is 35.0 Å². The van der Waals surface area contributed by atoms with Crippen molar-refractivity contribution in [3.8, 4) is 35.1 Å². The molecule has 8 heteroatoms. The molecule has 0 aromatic heterocycles. The van der Waals surface area contributed by atoms with Crippen molar-refractivity contribution in [2.75, 3.05) is 0 Å². The lowest BCUT2D eigenvalue weighted by molar-refractivity contribution is 0.397. The Morgan fingerprint density at radius 3 is 2.05 bits per heavy atom. The number of hydrogen-bond donors (Lipinski definition) is 0. The SMILES string of the molecule is Cc1ccccc1Oc1c(Oc2c(C)cccc2C)c(C#N)c(C#N)c(F)c1Sc1cc(Cl)ccc1Cl. The average Bonchev–Trinajstić information content (AvgIpc) is 2.87. The zero-order chi connectivity index (χ0) is 26.7. The van der Waals surface area contributed by atoms with Crippen LogP contribution < -0.4 is 9.47 Å². The minimum atomic E-state index is -0.919. The second-order valence-corrected chi connectivity index (χ2v) is 10.0. The van der Waals surface area contributed by atoms with E-state index in [9.17, 15) is 10.5 Å². The van der Waals surface area contributed by atoms with E-state index in [1.165, 1.54) is 0 Å². The molecule has 0 amide bonds. The third-order valence-electron chi connectivity index (χ3n) is 5.56. The lowest BCUT2D eigenvalue weighted by Crippen LogP contribution is -2.04. The van der Waals surface area contributed by atoms with E-state index in [-0.39, 0.29) is 22.0 Å². The molecule has 0 spiro atoms. The summed E-state index contributed by atoms with van der Waals surface area (Å²) in [4.78, 5) is 0.374. The first kappa shape index (κ1) is 26.4. The summed E-state index contributed by atoms with van der Waals surface area (Å²) in [7, 11) is 0. The van der Waals surface area contributed by atoms with Crippen molar-refractivity contribution in [1.29, 1.82) is 10.5 Å². The molecule has 4 aromatic rings. The predicted octanol–water partition coefficient (Wildman–Crippen LogP) is 9.54. The van der Waals surface area contributed by atoms with Gasteiger partial charge in [0.1, 0.15) is 34.8 Å². The summed E-state index contributed by atoms with van der Waals surface area (Å²) in [6, 6.07) is 21.3. The van der Waals surface area contributed by atoms with Crippen molar-refractivity contribution in [1.82, 2.24) is 0 Å². The number of hydrogen-bond acceptors (Lipinski definition) is 5. The van der Waals surface area contributed by atoms with Crippen molar-refractivity contribution in [3.05, 3.63) is 104 Å². The predicted molar refractivity (Wildman–Crippen MR) is 144 cm³/mol. The maximum atomic E-state index is 16.0. The van der Waals surface area contributed by atoms with Crippen molar-refractivity contribution in [2.24, 2.45) is 0 Å². The molecule has 0 fully saturated rings. The minimum absolute atomic E-state index is 0.0500. The van der Waals surface area contributed by atoms with Gasteiger partial charge in [0.15, 0.2) is 17.3 Å². The topological polar surface area (TPSA) is 66.0 Å². The molecule has 4 nitrogen and oxygen atoms in total. The highest BCUT2D eigenvalue weighted by Gasteiger charge is 2.30. The first-order valence-electron chi connectivity index (χ1n) is 11.0. The maximum Gasteiger partial charge on any atom is 0.190 e. The van der Waals surface area contributed by atoms with Gasteiger partial charge in [0.25, 0.3) is 0 Å².